The van der Waals surface area contributed by atoms with E-state index in [9.17, 15) is 0 Å². The fraction of sp³-hybridized carbons (Fsp3) is 0.526. The summed E-state index contributed by atoms with van der Waals surface area (Å²) in [6.07, 6.45) is 3.13. The first-order valence-electron chi connectivity index (χ1n) is 8.68. The molecule has 2 aromatic rings. The highest BCUT2D eigenvalue weighted by atomic mass is 16.5. The maximum atomic E-state index is 5.57. The number of methoxy groups -OCH3 is 3. The van der Waals surface area contributed by atoms with Gasteiger partial charge in [0.15, 0.2) is 17.3 Å². The zero-order chi connectivity index (χ0) is 17.8. The van der Waals surface area contributed by atoms with Gasteiger partial charge < -0.3 is 18.7 Å². The number of nitrogens with zero attached hydrogens (tertiary/aromatic N) is 2. The molecule has 2 heterocycles. The molecular formula is C19H26N2O4. The Bertz CT molecular complexity index is 688. The summed E-state index contributed by atoms with van der Waals surface area (Å²) in [4.78, 5) is 2.42. The molecule has 0 spiro atoms. The van der Waals surface area contributed by atoms with E-state index in [-0.39, 0.29) is 6.04 Å². The van der Waals surface area contributed by atoms with Crippen LogP contribution in [0.3, 0.4) is 0 Å². The fourth-order valence-electron chi connectivity index (χ4n) is 3.45. The van der Waals surface area contributed by atoms with E-state index in [1.54, 1.807) is 21.3 Å². The van der Waals surface area contributed by atoms with Gasteiger partial charge in [-0.15, -0.1) is 0 Å². The molecule has 6 heteroatoms. The highest BCUT2D eigenvalue weighted by Gasteiger charge is 2.29. The third-order valence-corrected chi connectivity index (χ3v) is 4.74. The van der Waals surface area contributed by atoms with Crippen molar-refractivity contribution in [2.75, 3.05) is 27.9 Å². The Kier molecular flexibility index (Phi) is 5.48. The molecule has 6 nitrogen and oxygen atoms in total. The maximum Gasteiger partial charge on any atom is 0.203 e. The molecule has 1 aliphatic heterocycles. The third-order valence-electron chi connectivity index (χ3n) is 4.74. The molecule has 136 valence electrons. The summed E-state index contributed by atoms with van der Waals surface area (Å²) in [5, 5.41) is 4.14. The average Bonchev–Trinajstić information content (AvgIpc) is 3.29. The fourth-order valence-corrected chi connectivity index (χ4v) is 3.45. The first-order valence-corrected chi connectivity index (χ1v) is 8.68. The minimum absolute atomic E-state index is 0.270. The van der Waals surface area contributed by atoms with Crippen LogP contribution in [0.5, 0.6) is 17.2 Å². The molecule has 1 aliphatic rings. The third kappa shape index (κ3) is 3.58. The molecule has 1 aromatic carbocycles. The number of ether oxygens (including phenoxy) is 3. The van der Waals surface area contributed by atoms with E-state index in [0.717, 1.165) is 49.4 Å². The van der Waals surface area contributed by atoms with Gasteiger partial charge in [0.25, 0.3) is 0 Å². The Hall–Kier alpha value is -2.21. The van der Waals surface area contributed by atoms with E-state index in [1.807, 2.05) is 12.1 Å². The van der Waals surface area contributed by atoms with Crippen molar-refractivity contribution in [2.24, 2.45) is 0 Å². The van der Waals surface area contributed by atoms with Gasteiger partial charge in [-0.2, -0.15) is 0 Å². The highest BCUT2D eigenvalue weighted by molar-refractivity contribution is 5.53. The molecule has 1 atom stereocenters. The van der Waals surface area contributed by atoms with Gasteiger partial charge in [-0.25, -0.2) is 0 Å². The predicted octanol–water partition coefficient (Wildman–Crippen LogP) is 3.60. The van der Waals surface area contributed by atoms with Gasteiger partial charge in [-0.05, 0) is 43.5 Å². The minimum atomic E-state index is 0.270. The zero-order valence-electron chi connectivity index (χ0n) is 15.4. The lowest BCUT2D eigenvalue weighted by Crippen LogP contribution is -2.22. The SMILES string of the molecule is CCc1cc([C@@H]2CCCN2Cc2cc(OC)c(OC)c(OC)c2)on1. The smallest absolute Gasteiger partial charge is 0.203 e. The van der Waals surface area contributed by atoms with Gasteiger partial charge in [-0.1, -0.05) is 12.1 Å². The van der Waals surface area contributed by atoms with Crippen molar-refractivity contribution in [1.29, 1.82) is 0 Å². The van der Waals surface area contributed by atoms with Gasteiger partial charge in [0.05, 0.1) is 33.1 Å². The van der Waals surface area contributed by atoms with E-state index in [0.29, 0.717) is 17.2 Å². The van der Waals surface area contributed by atoms with Crippen LogP contribution < -0.4 is 14.2 Å². The van der Waals surface area contributed by atoms with E-state index < -0.39 is 0 Å². The van der Waals surface area contributed by atoms with Crippen molar-refractivity contribution >= 4 is 0 Å². The molecule has 1 aromatic heterocycles. The lowest BCUT2D eigenvalue weighted by atomic mass is 10.1. The number of likely N-dealkylation sites (tertiary alicyclic amines) is 1. The summed E-state index contributed by atoms with van der Waals surface area (Å²) in [7, 11) is 4.90. The molecule has 1 saturated heterocycles. The Morgan fingerprint density at radius 2 is 1.84 bits per heavy atom. The van der Waals surface area contributed by atoms with Gasteiger partial charge in [0, 0.05) is 12.6 Å². The van der Waals surface area contributed by atoms with Crippen LogP contribution in [0.2, 0.25) is 0 Å². The quantitative estimate of drug-likeness (QED) is 0.763. The molecule has 0 saturated carbocycles. The lowest BCUT2D eigenvalue weighted by molar-refractivity contribution is 0.206. The topological polar surface area (TPSA) is 57.0 Å². The van der Waals surface area contributed by atoms with Crippen LogP contribution in [0.4, 0.5) is 0 Å². The Morgan fingerprint density at radius 1 is 1.12 bits per heavy atom. The maximum absolute atomic E-state index is 5.57. The van der Waals surface area contributed by atoms with Crippen molar-refractivity contribution < 1.29 is 18.7 Å². The number of hydrogen-bond acceptors (Lipinski definition) is 6. The summed E-state index contributed by atoms with van der Waals surface area (Å²) in [5.41, 5.74) is 2.13. The van der Waals surface area contributed by atoms with Crippen molar-refractivity contribution in [3.8, 4) is 17.2 Å². The van der Waals surface area contributed by atoms with E-state index in [2.05, 4.69) is 23.0 Å². The summed E-state index contributed by atoms with van der Waals surface area (Å²) < 4.78 is 21.9. The number of benzene rings is 1. The summed E-state index contributed by atoms with van der Waals surface area (Å²) in [5.74, 6) is 2.94. The molecule has 0 unspecified atom stereocenters. The molecule has 0 aliphatic carbocycles. The summed E-state index contributed by atoms with van der Waals surface area (Å²) in [6, 6.07) is 6.37. The monoisotopic (exact) mass is 346 g/mol. The van der Waals surface area contributed by atoms with E-state index in [4.69, 9.17) is 18.7 Å². The van der Waals surface area contributed by atoms with Crippen molar-refractivity contribution in [1.82, 2.24) is 10.1 Å². The van der Waals surface area contributed by atoms with Gasteiger partial charge in [0.1, 0.15) is 0 Å². The molecular weight excluding hydrogens is 320 g/mol. The van der Waals surface area contributed by atoms with Gasteiger partial charge in [0.2, 0.25) is 5.75 Å². The van der Waals surface area contributed by atoms with Crippen LogP contribution in [0, 0.1) is 0 Å². The Labute approximate surface area is 148 Å². The van der Waals surface area contributed by atoms with Crippen LogP contribution in [0.1, 0.15) is 42.8 Å². The van der Waals surface area contributed by atoms with Crippen LogP contribution >= 0.6 is 0 Å². The van der Waals surface area contributed by atoms with Crippen molar-refractivity contribution in [2.45, 2.75) is 38.8 Å². The Balaban J connectivity index is 1.83. The number of aromatic nitrogens is 1. The molecule has 0 N–H and O–H groups in total. The normalized spacial score (nSPS) is 17.7. The first kappa shape index (κ1) is 17.6. The minimum Gasteiger partial charge on any atom is -0.493 e. The standard InChI is InChI=1S/C19H26N2O4/c1-5-14-11-16(25-20-14)15-7-6-8-21(15)12-13-9-17(22-2)19(24-4)18(10-13)23-3/h9-11,15H,5-8,12H2,1-4H3/t15-/m0/s1. The average molecular weight is 346 g/mol. The zero-order valence-corrected chi connectivity index (χ0v) is 15.4. The second-order valence-corrected chi connectivity index (χ2v) is 6.24. The number of hydrogen-bond donors (Lipinski definition) is 0. The number of rotatable bonds is 7. The molecule has 25 heavy (non-hydrogen) atoms. The van der Waals surface area contributed by atoms with Crippen LogP contribution in [-0.4, -0.2) is 37.9 Å². The summed E-state index contributed by atoms with van der Waals surface area (Å²) >= 11 is 0. The van der Waals surface area contributed by atoms with Crippen LogP contribution in [0.15, 0.2) is 22.7 Å². The van der Waals surface area contributed by atoms with Crippen LogP contribution in [0.25, 0.3) is 0 Å². The van der Waals surface area contributed by atoms with Gasteiger partial charge >= 0.3 is 0 Å². The largest absolute Gasteiger partial charge is 0.493 e. The van der Waals surface area contributed by atoms with Crippen molar-refractivity contribution in [3.05, 3.63) is 35.2 Å². The molecule has 1 fully saturated rings. The van der Waals surface area contributed by atoms with Crippen molar-refractivity contribution in [3.63, 3.8) is 0 Å². The Morgan fingerprint density at radius 3 is 2.40 bits per heavy atom. The molecule has 0 radical (unpaired) electrons. The summed E-state index contributed by atoms with van der Waals surface area (Å²) in [6.45, 7) is 3.91. The number of aryl methyl sites for hydroxylation is 1. The molecule has 0 amide bonds. The second-order valence-electron chi connectivity index (χ2n) is 6.24. The first-order chi connectivity index (χ1) is 12.2. The van der Waals surface area contributed by atoms with E-state index in [1.165, 1.54) is 0 Å². The van der Waals surface area contributed by atoms with Crippen LogP contribution in [-0.2, 0) is 13.0 Å². The molecule has 3 rings (SSSR count). The van der Waals surface area contributed by atoms with Gasteiger partial charge in [-0.3, -0.25) is 4.90 Å². The molecule has 0 bridgehead atoms. The second kappa shape index (κ2) is 7.78. The predicted molar refractivity (Wildman–Crippen MR) is 94.4 cm³/mol. The highest BCUT2D eigenvalue weighted by Crippen LogP contribution is 2.40. The van der Waals surface area contributed by atoms with E-state index >= 15 is 0 Å². The lowest BCUT2D eigenvalue weighted by Gasteiger charge is -2.23.